The Morgan fingerprint density at radius 3 is 2.18 bits per heavy atom. The summed E-state index contributed by atoms with van der Waals surface area (Å²) in [6, 6.07) is 38.7. The Hall–Kier alpha value is -3.88. The number of thioether (sulfide) groups is 2. The van der Waals surface area contributed by atoms with Crippen molar-refractivity contribution >= 4 is 64.7 Å². The van der Waals surface area contributed by atoms with Gasteiger partial charge in [-0.25, -0.2) is 0 Å². The lowest BCUT2D eigenvalue weighted by molar-refractivity contribution is 1.09. The average Bonchev–Trinajstić information content (AvgIpc) is 3.16. The summed E-state index contributed by atoms with van der Waals surface area (Å²) >= 11 is 10.0. The van der Waals surface area contributed by atoms with Crippen LogP contribution in [0.4, 0.5) is 5.69 Å². The molecule has 1 aromatic heterocycles. The zero-order chi connectivity index (χ0) is 34.8. The maximum Gasteiger partial charge on any atom is 0.0702 e. The number of rotatable bonds is 11. The molecule has 49 heavy (non-hydrogen) atoms. The Bertz CT molecular complexity index is 1830. The van der Waals surface area contributed by atoms with Crippen molar-refractivity contribution in [2.45, 2.75) is 46.0 Å². The van der Waals surface area contributed by atoms with Crippen molar-refractivity contribution in [2.75, 3.05) is 18.2 Å². The van der Waals surface area contributed by atoms with Crippen LogP contribution in [0.15, 0.2) is 154 Å². The lowest BCUT2D eigenvalue weighted by Gasteiger charge is -2.14. The number of nitrogens with one attached hydrogen (secondary N) is 2. The molecule has 1 aliphatic rings. The number of allylic oxidation sites excluding steroid dienone is 1. The van der Waals surface area contributed by atoms with Crippen molar-refractivity contribution in [2.24, 2.45) is 4.99 Å². The molecule has 0 saturated heterocycles. The molecule has 4 nitrogen and oxygen atoms in total. The molecule has 1 aliphatic heterocycles. The number of aliphatic imine (C=N–C) groups is 1. The highest BCUT2D eigenvalue weighted by Gasteiger charge is 2.11. The lowest BCUT2D eigenvalue weighted by atomic mass is 9.97. The fraction of sp³-hybridized carbons (Fsp3) is 0.171. The maximum atomic E-state index is 4.64. The summed E-state index contributed by atoms with van der Waals surface area (Å²) in [6.45, 7) is 7.85. The molecule has 0 fully saturated rings. The van der Waals surface area contributed by atoms with E-state index in [0.29, 0.717) is 4.58 Å². The van der Waals surface area contributed by atoms with Crippen molar-refractivity contribution in [1.82, 2.24) is 10.3 Å². The Morgan fingerprint density at radius 2 is 1.49 bits per heavy atom. The van der Waals surface area contributed by atoms with Gasteiger partial charge in [-0.05, 0) is 128 Å². The van der Waals surface area contributed by atoms with Gasteiger partial charge in [-0.2, -0.15) is 0 Å². The number of anilines is 1. The summed E-state index contributed by atoms with van der Waals surface area (Å²) < 4.78 is 3.86. The van der Waals surface area contributed by atoms with E-state index in [1.54, 1.807) is 18.1 Å². The molecule has 0 amide bonds. The van der Waals surface area contributed by atoms with Gasteiger partial charge < -0.3 is 10.0 Å². The normalized spacial score (nSPS) is 12.3. The first-order chi connectivity index (χ1) is 24.0. The van der Waals surface area contributed by atoms with Gasteiger partial charge in [0.15, 0.2) is 0 Å². The number of benzene rings is 4. The molecule has 4 aromatic carbocycles. The summed E-state index contributed by atoms with van der Waals surface area (Å²) in [5.41, 5.74) is 9.26. The van der Waals surface area contributed by atoms with E-state index < -0.39 is 0 Å². The first kappa shape index (κ1) is 37.9. The summed E-state index contributed by atoms with van der Waals surface area (Å²) in [7, 11) is 1.81. The molecule has 1 atom stereocenters. The maximum absolute atomic E-state index is 4.64. The summed E-state index contributed by atoms with van der Waals surface area (Å²) in [5, 5.41) is 2.69. The quantitative estimate of drug-likeness (QED) is 0.0612. The van der Waals surface area contributed by atoms with Crippen LogP contribution in [0.25, 0.3) is 28.1 Å². The highest BCUT2D eigenvalue weighted by Crippen LogP contribution is 2.38. The fourth-order valence-electron chi connectivity index (χ4n) is 4.96. The molecule has 252 valence electrons. The summed E-state index contributed by atoms with van der Waals surface area (Å²) in [5.74, 6) is 0. The van der Waals surface area contributed by atoms with E-state index in [-0.39, 0.29) is 0 Å². The largest absolute Gasteiger partial charge is 0.394 e. The number of hydrogen-bond acceptors (Lipinski definition) is 7. The van der Waals surface area contributed by atoms with Crippen LogP contribution in [-0.2, 0) is 0 Å². The smallest absolute Gasteiger partial charge is 0.0702 e. The highest BCUT2D eigenvalue weighted by molar-refractivity contribution is 8.17. The molecule has 2 heterocycles. The Balaban J connectivity index is 0.000000841. The third-order valence-corrected chi connectivity index (χ3v) is 10.4. The molecule has 0 spiro atoms. The van der Waals surface area contributed by atoms with Crippen LogP contribution in [0.5, 0.6) is 0 Å². The first-order valence-corrected chi connectivity index (χ1v) is 19.3. The van der Waals surface area contributed by atoms with Gasteiger partial charge in [-0.1, -0.05) is 55.1 Å². The zero-order valence-corrected chi connectivity index (χ0v) is 31.6. The van der Waals surface area contributed by atoms with Gasteiger partial charge in [-0.15, -0.1) is 35.1 Å². The van der Waals surface area contributed by atoms with Gasteiger partial charge in [0.1, 0.15) is 0 Å². The SMILES string of the molecule is C=CNC.CCl.Cc1cc(SC(C)Sc2ccc(NSc3cccc(-c4ccccn4)c3)cc2)ccc1-c1cccc(C2=CCCC=N2)c1. The standard InChI is InChI=1S/C37H33N3S3.C3H7N.CH3Cl/c1-26-23-33(19-20-35(26)28-9-7-10-29(24-28)36-13-3-5-21-38-36)42-27(2)41-32-17-15-31(16-18-32)40-43-34-12-8-11-30(25-34)37-14-4-6-22-39-37;1-3-4-2;1-2/h4,6-25,27,40H,3,5H2,1-2H3;3-4H,1H2,2H3;1H3. The van der Waals surface area contributed by atoms with E-state index in [2.05, 4.69) is 149 Å². The number of hydrogen-bond donors (Lipinski definition) is 2. The second-order valence-corrected chi connectivity index (χ2v) is 14.8. The zero-order valence-electron chi connectivity index (χ0n) is 28.4. The second kappa shape index (κ2) is 20.6. The van der Waals surface area contributed by atoms with Crippen molar-refractivity contribution in [3.63, 3.8) is 0 Å². The van der Waals surface area contributed by atoms with Crippen LogP contribution in [0.1, 0.15) is 30.9 Å². The molecular weight excluding hydrogens is 680 g/mol. The van der Waals surface area contributed by atoms with Crippen LogP contribution in [0.3, 0.4) is 0 Å². The van der Waals surface area contributed by atoms with Gasteiger partial charge in [0.2, 0.25) is 0 Å². The van der Waals surface area contributed by atoms with Crippen molar-refractivity contribution in [3.8, 4) is 22.4 Å². The molecule has 5 aromatic rings. The molecule has 0 saturated carbocycles. The van der Waals surface area contributed by atoms with Crippen molar-refractivity contribution < 1.29 is 0 Å². The van der Waals surface area contributed by atoms with E-state index >= 15 is 0 Å². The van der Waals surface area contributed by atoms with E-state index in [1.807, 2.05) is 61.2 Å². The topological polar surface area (TPSA) is 49.3 Å². The predicted molar refractivity (Wildman–Crippen MR) is 220 cm³/mol. The number of nitrogens with zero attached hydrogens (tertiary/aromatic N) is 2. The Labute approximate surface area is 310 Å². The molecule has 0 aliphatic carbocycles. The minimum atomic E-state index is 0.382. The predicted octanol–water partition coefficient (Wildman–Crippen LogP) is 12.5. The molecular formula is C41H43ClN4S3. The Kier molecular flexibility index (Phi) is 15.9. The van der Waals surface area contributed by atoms with E-state index in [1.165, 1.54) is 38.4 Å². The molecule has 1 unspecified atom stereocenters. The molecule has 6 rings (SSSR count). The lowest BCUT2D eigenvalue weighted by Crippen LogP contribution is -1.92. The third kappa shape index (κ3) is 11.9. The van der Waals surface area contributed by atoms with Crippen LogP contribution < -0.4 is 10.0 Å². The summed E-state index contributed by atoms with van der Waals surface area (Å²) in [6.07, 6.45) is 11.3. The monoisotopic (exact) mass is 722 g/mol. The highest BCUT2D eigenvalue weighted by atomic mass is 35.5. The number of halogens is 1. The molecule has 0 bridgehead atoms. The average molecular weight is 723 g/mol. The molecule has 2 N–H and O–H groups in total. The second-order valence-electron chi connectivity index (χ2n) is 10.8. The van der Waals surface area contributed by atoms with Gasteiger partial charge >= 0.3 is 0 Å². The van der Waals surface area contributed by atoms with Crippen LogP contribution in [-0.4, -0.2) is 29.2 Å². The van der Waals surface area contributed by atoms with Crippen molar-refractivity contribution in [3.05, 3.63) is 145 Å². The summed E-state index contributed by atoms with van der Waals surface area (Å²) in [4.78, 5) is 12.8. The van der Waals surface area contributed by atoms with Crippen LogP contribution in [0, 0.1) is 6.92 Å². The van der Waals surface area contributed by atoms with Crippen LogP contribution in [0.2, 0.25) is 0 Å². The van der Waals surface area contributed by atoms with E-state index in [0.717, 1.165) is 40.4 Å². The molecule has 0 radical (unpaired) electrons. The fourth-order valence-corrected chi connectivity index (χ4v) is 7.98. The minimum Gasteiger partial charge on any atom is -0.394 e. The molecule has 8 heteroatoms. The van der Waals surface area contributed by atoms with E-state index in [9.17, 15) is 0 Å². The number of aromatic nitrogens is 1. The van der Waals surface area contributed by atoms with Gasteiger partial charge in [-0.3, -0.25) is 9.98 Å². The van der Waals surface area contributed by atoms with Gasteiger partial charge in [0.25, 0.3) is 0 Å². The third-order valence-electron chi connectivity index (χ3n) is 7.27. The first-order valence-electron chi connectivity index (χ1n) is 16.0. The van der Waals surface area contributed by atoms with E-state index in [4.69, 9.17) is 0 Å². The van der Waals surface area contributed by atoms with Gasteiger partial charge in [0.05, 0.1) is 16.0 Å². The van der Waals surface area contributed by atoms with Crippen LogP contribution >= 0.6 is 47.1 Å². The number of pyridine rings is 1. The van der Waals surface area contributed by atoms with Gasteiger partial charge in [0, 0.05) is 57.3 Å². The number of alkyl halides is 1. The van der Waals surface area contributed by atoms with Crippen molar-refractivity contribution in [1.29, 1.82) is 0 Å². The number of aryl methyl sites for hydroxylation is 1. The minimum absolute atomic E-state index is 0.382. The Morgan fingerprint density at radius 1 is 0.776 bits per heavy atom.